The van der Waals surface area contributed by atoms with E-state index in [0.717, 1.165) is 0 Å². The zero-order valence-corrected chi connectivity index (χ0v) is 30.2. The summed E-state index contributed by atoms with van der Waals surface area (Å²) in [5, 5.41) is 26.1. The van der Waals surface area contributed by atoms with Crippen LogP contribution in [0.25, 0.3) is 0 Å². The molecular weight excluding hydrogens is 600 g/mol. The molecule has 0 fully saturated rings. The number of likely N-dealkylation sites (N-methyl/N-ethyl adjacent to an activating group) is 1. The van der Waals surface area contributed by atoms with E-state index in [-0.39, 0.29) is 47.4 Å². The van der Waals surface area contributed by atoms with Crippen molar-refractivity contribution >= 4 is 29.5 Å². The molecule has 266 valence electrons. The molecule has 0 aliphatic heterocycles. The molecule has 47 heavy (non-hydrogen) atoms. The average Bonchev–Trinajstić information content (AvgIpc) is 2.99. The summed E-state index contributed by atoms with van der Waals surface area (Å²) in [4.78, 5) is 65.8. The predicted octanol–water partition coefficient (Wildman–Crippen LogP) is 3.28. The Bertz CT molecular complexity index is 1190. The van der Waals surface area contributed by atoms with Crippen molar-refractivity contribution < 1.29 is 28.7 Å². The molecule has 0 aliphatic carbocycles. The molecule has 12 nitrogen and oxygen atoms in total. The van der Waals surface area contributed by atoms with Gasteiger partial charge in [-0.25, -0.2) is 0 Å². The Morgan fingerprint density at radius 3 is 1.98 bits per heavy atom. The summed E-state index contributed by atoms with van der Waals surface area (Å²) in [7, 11) is 0. The third-order valence-electron chi connectivity index (χ3n) is 8.47. The summed E-state index contributed by atoms with van der Waals surface area (Å²) >= 11 is 0. The van der Waals surface area contributed by atoms with Gasteiger partial charge < -0.3 is 31.8 Å². The Kier molecular flexibility index (Phi) is 18.0. The maximum Gasteiger partial charge on any atom is 0.252 e. The lowest BCUT2D eigenvalue weighted by molar-refractivity contribution is -0.605. The van der Waals surface area contributed by atoms with Gasteiger partial charge in [0.2, 0.25) is 23.6 Å². The zero-order chi connectivity index (χ0) is 35.8. The number of aryl methyl sites for hydroxylation is 1. The van der Waals surface area contributed by atoms with Crippen molar-refractivity contribution in [2.24, 2.45) is 23.7 Å². The highest BCUT2D eigenvalue weighted by atomic mass is 16.5. The molecule has 0 saturated heterocycles. The number of pyridine rings is 1. The van der Waals surface area contributed by atoms with Gasteiger partial charge in [-0.05, 0) is 57.3 Å². The first-order valence-electron chi connectivity index (χ1n) is 17.2. The third kappa shape index (κ3) is 13.9. The van der Waals surface area contributed by atoms with E-state index in [2.05, 4.69) is 40.4 Å². The molecule has 0 spiro atoms. The molecule has 0 bridgehead atoms. The number of amides is 5. The van der Waals surface area contributed by atoms with E-state index < -0.39 is 29.9 Å². The minimum atomic E-state index is -0.890. The van der Waals surface area contributed by atoms with E-state index in [0.29, 0.717) is 60.9 Å². The van der Waals surface area contributed by atoms with Crippen LogP contribution in [0.5, 0.6) is 0 Å². The molecule has 1 rings (SSSR count). The van der Waals surface area contributed by atoms with Gasteiger partial charge in [0.05, 0.1) is 5.56 Å². The summed E-state index contributed by atoms with van der Waals surface area (Å²) in [5.74, 6) is -2.05. The van der Waals surface area contributed by atoms with Gasteiger partial charge in [0.25, 0.3) is 5.91 Å². The van der Waals surface area contributed by atoms with Crippen molar-refractivity contribution in [3.8, 4) is 0 Å². The molecule has 1 aromatic rings. The molecular formula is C35H60N6O6. The second-order valence-electron chi connectivity index (χ2n) is 13.5. The van der Waals surface area contributed by atoms with E-state index in [1.54, 1.807) is 6.92 Å². The zero-order valence-electron chi connectivity index (χ0n) is 30.2. The fraction of sp³-hybridized carbons (Fsp3) is 0.714. The highest BCUT2D eigenvalue weighted by molar-refractivity contribution is 5.99. The van der Waals surface area contributed by atoms with Gasteiger partial charge in [-0.3, -0.25) is 24.0 Å². The van der Waals surface area contributed by atoms with Crippen LogP contribution in [0.2, 0.25) is 0 Å². The molecule has 5 amide bonds. The lowest BCUT2D eigenvalue weighted by atomic mass is 9.94. The summed E-state index contributed by atoms with van der Waals surface area (Å²) in [6.45, 7) is 19.4. The number of carbonyl (C=O) groups is 5. The number of rotatable bonds is 20. The second-order valence-corrected chi connectivity index (χ2v) is 13.5. The number of hydrogen-bond donors (Lipinski definition) is 5. The van der Waals surface area contributed by atoms with Crippen molar-refractivity contribution in [3.05, 3.63) is 34.8 Å². The van der Waals surface area contributed by atoms with Gasteiger partial charge in [0.15, 0.2) is 12.4 Å². The van der Waals surface area contributed by atoms with E-state index >= 15 is 0 Å². The van der Waals surface area contributed by atoms with Gasteiger partial charge in [-0.15, -0.1) is 0 Å². The molecule has 1 aromatic heterocycles. The van der Waals surface area contributed by atoms with E-state index in [9.17, 15) is 29.2 Å². The molecule has 1 heterocycles. The molecule has 0 aliphatic rings. The fourth-order valence-corrected chi connectivity index (χ4v) is 5.39. The Hall–Kier alpha value is -3.70. The van der Waals surface area contributed by atoms with Gasteiger partial charge in [0.1, 0.15) is 18.1 Å². The van der Waals surface area contributed by atoms with Crippen LogP contribution in [0, 0.1) is 35.8 Å². The van der Waals surface area contributed by atoms with Crippen LogP contribution >= 0.6 is 0 Å². The van der Waals surface area contributed by atoms with Gasteiger partial charge in [0, 0.05) is 30.1 Å². The molecule has 5 N–H and O–H groups in total. The molecule has 6 atom stereocenters. The van der Waals surface area contributed by atoms with Crippen molar-refractivity contribution in [2.75, 3.05) is 6.54 Å². The number of carbonyl (C=O) groups excluding carboxylic acids is 5. The average molecular weight is 661 g/mol. The molecule has 12 heteroatoms. The maximum absolute atomic E-state index is 13.6. The summed E-state index contributed by atoms with van der Waals surface area (Å²) in [6, 6.07) is -1.14. The van der Waals surface area contributed by atoms with Crippen LogP contribution in [-0.2, 0) is 19.2 Å². The SMILES string of the molecule is CCC[C@H](NC(=O)[C@@H](NC(=O)c1cc[n+]([O-])cc1C)[C@@H](C)CC)C(=O)N[C@H](CC[C@@H](C)C(=O)N[C@H](C(=O)NCC)C(C)C)CC(C)C. The van der Waals surface area contributed by atoms with E-state index in [4.69, 9.17) is 0 Å². The molecule has 0 aromatic carbocycles. The van der Waals surface area contributed by atoms with Crippen molar-refractivity contribution in [1.29, 1.82) is 0 Å². The first-order chi connectivity index (χ1) is 22.1. The number of nitrogens with zero attached hydrogens (tertiary/aromatic N) is 1. The van der Waals surface area contributed by atoms with Crippen LogP contribution in [-0.4, -0.2) is 60.2 Å². The topological polar surface area (TPSA) is 172 Å². The van der Waals surface area contributed by atoms with Crippen LogP contribution in [0.3, 0.4) is 0 Å². The molecule has 0 unspecified atom stereocenters. The van der Waals surface area contributed by atoms with E-state index in [1.807, 2.05) is 48.5 Å². The highest BCUT2D eigenvalue weighted by Gasteiger charge is 2.32. The van der Waals surface area contributed by atoms with Gasteiger partial charge >= 0.3 is 0 Å². The van der Waals surface area contributed by atoms with E-state index in [1.165, 1.54) is 18.5 Å². The largest absolute Gasteiger partial charge is 0.619 e. The summed E-state index contributed by atoms with van der Waals surface area (Å²) in [5.41, 5.74) is 0.778. The van der Waals surface area contributed by atoms with Crippen molar-refractivity contribution in [1.82, 2.24) is 26.6 Å². The lowest BCUT2D eigenvalue weighted by Crippen LogP contribution is -2.56. The Morgan fingerprint density at radius 2 is 1.45 bits per heavy atom. The lowest BCUT2D eigenvalue weighted by Gasteiger charge is -2.28. The van der Waals surface area contributed by atoms with Crippen LogP contribution < -0.4 is 31.3 Å². The minimum absolute atomic E-state index is 0.0711. The fourth-order valence-electron chi connectivity index (χ4n) is 5.39. The highest BCUT2D eigenvalue weighted by Crippen LogP contribution is 2.17. The molecule has 0 radical (unpaired) electrons. The first-order valence-corrected chi connectivity index (χ1v) is 17.2. The van der Waals surface area contributed by atoms with Gasteiger partial charge in [-0.2, -0.15) is 4.73 Å². The second kappa shape index (κ2) is 20.5. The standard InChI is InChI=1S/C35H60N6O6/c1-11-14-28(38-35(46)30(23(8)12-2)40-32(43)27-17-18-41(47)20-25(27)10)33(44)37-26(19-21(4)5)16-15-24(9)31(42)39-29(22(6)7)34(45)36-13-3/h17-18,20-24,26,28-30H,11-16,19H2,1-10H3,(H,36,45)(H,37,44)(H,38,46)(H,39,42)(H,40,43)/t23-,24+,26+,28-,29-,30-/m0/s1. The number of hydrogen-bond acceptors (Lipinski definition) is 6. The third-order valence-corrected chi connectivity index (χ3v) is 8.47. The quantitative estimate of drug-likeness (QED) is 0.106. The smallest absolute Gasteiger partial charge is 0.252 e. The first kappa shape index (κ1) is 41.3. The van der Waals surface area contributed by atoms with Gasteiger partial charge in [-0.1, -0.05) is 68.2 Å². The maximum atomic E-state index is 13.6. The van der Waals surface area contributed by atoms with Crippen LogP contribution in [0.1, 0.15) is 117 Å². The van der Waals surface area contributed by atoms with Crippen molar-refractivity contribution in [2.45, 2.75) is 132 Å². The number of nitrogens with one attached hydrogen (secondary N) is 5. The molecule has 0 saturated carbocycles. The Morgan fingerprint density at radius 1 is 0.787 bits per heavy atom. The van der Waals surface area contributed by atoms with Crippen LogP contribution in [0.15, 0.2) is 18.5 Å². The van der Waals surface area contributed by atoms with Crippen molar-refractivity contribution in [3.63, 3.8) is 0 Å². The number of aromatic nitrogens is 1. The monoisotopic (exact) mass is 660 g/mol. The van der Waals surface area contributed by atoms with Crippen LogP contribution in [0.4, 0.5) is 0 Å². The Labute approximate surface area is 281 Å². The minimum Gasteiger partial charge on any atom is -0.619 e. The normalized spacial score (nSPS) is 15.1. The summed E-state index contributed by atoms with van der Waals surface area (Å²) in [6.07, 6.45) is 5.93. The predicted molar refractivity (Wildman–Crippen MR) is 183 cm³/mol. The Balaban J connectivity index is 3.01. The summed E-state index contributed by atoms with van der Waals surface area (Å²) < 4.78 is 0.609.